The zero-order valence-electron chi connectivity index (χ0n) is 14.2. The Morgan fingerprint density at radius 3 is 2.48 bits per heavy atom. The lowest BCUT2D eigenvalue weighted by Crippen LogP contribution is -2.26. The van der Waals surface area contributed by atoms with E-state index in [-0.39, 0.29) is 16.4 Å². The highest BCUT2D eigenvalue weighted by atomic mass is 35.5. The Bertz CT molecular complexity index is 736. The number of aromatic amines is 1. The molecule has 2 aromatic rings. The van der Waals surface area contributed by atoms with Crippen molar-refractivity contribution in [1.82, 2.24) is 19.3 Å². The van der Waals surface area contributed by atoms with Gasteiger partial charge in [-0.2, -0.15) is 4.37 Å². The lowest BCUT2D eigenvalue weighted by atomic mass is 9.86. The molecule has 2 heterocycles. The van der Waals surface area contributed by atoms with Crippen molar-refractivity contribution in [1.29, 1.82) is 0 Å². The van der Waals surface area contributed by atoms with E-state index < -0.39 is 0 Å². The Hall–Kier alpha value is -1.27. The number of rotatable bonds is 6. The van der Waals surface area contributed by atoms with Gasteiger partial charge in [0.25, 0.3) is 5.56 Å². The fourth-order valence-electron chi connectivity index (χ4n) is 2.16. The summed E-state index contributed by atoms with van der Waals surface area (Å²) in [4.78, 5) is 23.7. The molecule has 1 N–H and O–H groups in total. The molecule has 0 saturated heterocycles. The van der Waals surface area contributed by atoms with Crippen LogP contribution in [0.1, 0.15) is 64.8 Å². The molecule has 126 valence electrons. The molecule has 23 heavy (non-hydrogen) atoms. The van der Waals surface area contributed by atoms with Crippen LogP contribution in [0.25, 0.3) is 0 Å². The number of H-pyrrole nitrogens is 1. The normalized spacial score (nSPS) is 12.6. The highest BCUT2D eigenvalue weighted by Crippen LogP contribution is 2.29. The topological polar surface area (TPSA) is 71.5 Å². The molecule has 0 fully saturated rings. The molecule has 0 radical (unpaired) electrons. The molecule has 0 bridgehead atoms. The van der Waals surface area contributed by atoms with E-state index in [1.807, 2.05) is 0 Å². The minimum Gasteiger partial charge on any atom is -0.310 e. The smallest absolute Gasteiger partial charge is 0.251 e. The largest absolute Gasteiger partial charge is 0.310 e. The Labute approximate surface area is 145 Å². The van der Waals surface area contributed by atoms with Gasteiger partial charge < -0.3 is 4.98 Å². The van der Waals surface area contributed by atoms with Crippen molar-refractivity contribution in [3.05, 3.63) is 38.2 Å². The molecule has 0 aliphatic heterocycles. The van der Waals surface area contributed by atoms with E-state index in [4.69, 9.17) is 11.6 Å². The zero-order valence-corrected chi connectivity index (χ0v) is 15.8. The first-order chi connectivity index (χ1) is 10.6. The molecule has 0 aromatic carbocycles. The monoisotopic (exact) mass is 354 g/mol. The average Bonchev–Trinajstić information content (AvgIpc) is 2.92. The van der Waals surface area contributed by atoms with Crippen LogP contribution >= 0.6 is 23.1 Å². The van der Waals surface area contributed by atoms with E-state index in [0.29, 0.717) is 10.9 Å². The molecule has 0 aliphatic carbocycles. The summed E-state index contributed by atoms with van der Waals surface area (Å²) in [6.45, 7) is 10.4. The first-order valence-electron chi connectivity index (χ1n) is 7.74. The van der Waals surface area contributed by atoms with Gasteiger partial charge in [0.2, 0.25) is 4.47 Å². The van der Waals surface area contributed by atoms with E-state index >= 15 is 0 Å². The molecule has 0 amide bonds. The number of halogens is 1. The molecule has 2 rings (SSSR count). The van der Waals surface area contributed by atoms with Gasteiger partial charge in [0.15, 0.2) is 0 Å². The summed E-state index contributed by atoms with van der Waals surface area (Å²) in [6.07, 6.45) is 2.40. The highest BCUT2D eigenvalue weighted by Gasteiger charge is 2.26. The summed E-state index contributed by atoms with van der Waals surface area (Å²) in [5.41, 5.74) is 0.349. The van der Waals surface area contributed by atoms with Crippen molar-refractivity contribution in [2.75, 3.05) is 0 Å². The van der Waals surface area contributed by atoms with Gasteiger partial charge >= 0.3 is 0 Å². The Balaban J connectivity index is 2.19. The van der Waals surface area contributed by atoms with Crippen LogP contribution in [0.2, 0.25) is 4.47 Å². The summed E-state index contributed by atoms with van der Waals surface area (Å²) in [6, 6.07) is 1.58. The molecule has 0 spiro atoms. The molecule has 0 saturated carbocycles. The number of aromatic nitrogens is 4. The predicted octanol–water partition coefficient (Wildman–Crippen LogP) is 3.87. The van der Waals surface area contributed by atoms with Gasteiger partial charge in [-0.15, -0.1) is 0 Å². The maximum absolute atomic E-state index is 11.9. The van der Waals surface area contributed by atoms with Crippen LogP contribution in [0.5, 0.6) is 0 Å². The Morgan fingerprint density at radius 2 is 1.91 bits per heavy atom. The predicted molar refractivity (Wildman–Crippen MR) is 94.4 cm³/mol. The third-order valence-electron chi connectivity index (χ3n) is 4.33. The van der Waals surface area contributed by atoms with Crippen LogP contribution in [0.15, 0.2) is 10.9 Å². The second-order valence-electron chi connectivity index (χ2n) is 7.08. The number of hydrogen-bond acceptors (Lipinski definition) is 5. The third kappa shape index (κ3) is 4.38. The van der Waals surface area contributed by atoms with Crippen LogP contribution in [-0.4, -0.2) is 19.3 Å². The molecule has 0 atom stereocenters. The van der Waals surface area contributed by atoms with Gasteiger partial charge in [-0.25, -0.2) is 9.97 Å². The van der Waals surface area contributed by atoms with Crippen molar-refractivity contribution in [2.45, 2.75) is 64.7 Å². The third-order valence-corrected chi connectivity index (χ3v) is 5.13. The van der Waals surface area contributed by atoms with Crippen molar-refractivity contribution >= 4 is 23.1 Å². The van der Waals surface area contributed by atoms with Crippen LogP contribution < -0.4 is 5.56 Å². The van der Waals surface area contributed by atoms with E-state index in [1.165, 1.54) is 11.5 Å². The van der Waals surface area contributed by atoms with Gasteiger partial charge in [0, 0.05) is 22.6 Å². The molecular formula is C16H23ClN4OS. The lowest BCUT2D eigenvalue weighted by Gasteiger charge is -2.23. The molecule has 5 nitrogen and oxygen atoms in total. The lowest BCUT2D eigenvalue weighted by molar-refractivity contribution is 0.445. The quantitative estimate of drug-likeness (QED) is 0.854. The average molecular weight is 355 g/mol. The van der Waals surface area contributed by atoms with Crippen LogP contribution in [0.3, 0.4) is 0 Å². The van der Waals surface area contributed by atoms with Gasteiger partial charge in [-0.1, -0.05) is 34.6 Å². The fraction of sp³-hybridized carbons (Fsp3) is 0.625. The maximum Gasteiger partial charge on any atom is 0.251 e. The second-order valence-corrected chi connectivity index (χ2v) is 8.41. The SMILES string of the molecule is CCC(C)(C)c1nc(CCC(C)(C)c2nsc(Cl)n2)cc(=O)[nH]1. The van der Waals surface area contributed by atoms with Crippen molar-refractivity contribution in [2.24, 2.45) is 0 Å². The highest BCUT2D eigenvalue weighted by molar-refractivity contribution is 7.10. The summed E-state index contributed by atoms with van der Waals surface area (Å²) in [5.74, 6) is 1.49. The number of nitrogens with one attached hydrogen (secondary N) is 1. The van der Waals surface area contributed by atoms with Crippen LogP contribution in [0.4, 0.5) is 0 Å². The Kier molecular flexibility index (Phi) is 5.26. The summed E-state index contributed by atoms with van der Waals surface area (Å²) >= 11 is 7.08. The van der Waals surface area contributed by atoms with E-state index in [9.17, 15) is 4.79 Å². The van der Waals surface area contributed by atoms with Crippen molar-refractivity contribution < 1.29 is 0 Å². The molecule has 2 aromatic heterocycles. The first kappa shape index (κ1) is 18.1. The van der Waals surface area contributed by atoms with E-state index in [2.05, 4.69) is 53.9 Å². The Morgan fingerprint density at radius 1 is 1.22 bits per heavy atom. The maximum atomic E-state index is 11.9. The van der Waals surface area contributed by atoms with Gasteiger partial charge in [-0.05, 0) is 42.4 Å². The molecular weight excluding hydrogens is 332 g/mol. The summed E-state index contributed by atoms with van der Waals surface area (Å²) in [7, 11) is 0. The zero-order chi connectivity index (χ0) is 17.3. The fourth-order valence-corrected chi connectivity index (χ4v) is 2.92. The molecule has 0 unspecified atom stereocenters. The first-order valence-corrected chi connectivity index (χ1v) is 8.89. The standard InChI is InChI=1S/C16H23ClN4OS/c1-6-15(2,3)12-18-10(9-11(22)19-12)7-8-16(4,5)13-20-14(17)23-21-13/h9H,6-8H2,1-5H3,(H,18,19,22). The van der Waals surface area contributed by atoms with Gasteiger partial charge in [-0.3, -0.25) is 4.79 Å². The number of hydrogen-bond donors (Lipinski definition) is 1. The van der Waals surface area contributed by atoms with Gasteiger partial charge in [0.05, 0.1) is 0 Å². The number of nitrogens with zero attached hydrogens (tertiary/aromatic N) is 3. The van der Waals surface area contributed by atoms with Crippen LogP contribution in [-0.2, 0) is 17.3 Å². The van der Waals surface area contributed by atoms with Crippen LogP contribution in [0, 0.1) is 0 Å². The van der Waals surface area contributed by atoms with E-state index in [0.717, 1.165) is 30.2 Å². The second kappa shape index (κ2) is 6.69. The summed E-state index contributed by atoms with van der Waals surface area (Å²) in [5, 5.41) is 0. The molecule has 7 heteroatoms. The minimum absolute atomic E-state index is 0.0980. The molecule has 0 aliphatic rings. The van der Waals surface area contributed by atoms with Crippen molar-refractivity contribution in [3.8, 4) is 0 Å². The van der Waals surface area contributed by atoms with E-state index in [1.54, 1.807) is 6.07 Å². The van der Waals surface area contributed by atoms with Gasteiger partial charge in [0.1, 0.15) is 11.6 Å². The number of aryl methyl sites for hydroxylation is 1. The summed E-state index contributed by atoms with van der Waals surface area (Å²) < 4.78 is 4.75. The minimum atomic E-state index is -0.214. The van der Waals surface area contributed by atoms with Crippen molar-refractivity contribution in [3.63, 3.8) is 0 Å².